The first-order valence-electron chi connectivity index (χ1n) is 5.79. The summed E-state index contributed by atoms with van der Waals surface area (Å²) in [5.74, 6) is 0. The van der Waals surface area contributed by atoms with Crippen LogP contribution in [0.4, 0.5) is 0 Å². The van der Waals surface area contributed by atoms with E-state index >= 15 is 0 Å². The lowest BCUT2D eigenvalue weighted by Crippen LogP contribution is -2.20. The summed E-state index contributed by atoms with van der Waals surface area (Å²) < 4.78 is 0. The van der Waals surface area contributed by atoms with Gasteiger partial charge in [0.05, 0.1) is 0 Å². The number of thioether (sulfide) groups is 1. The first-order chi connectivity index (χ1) is 8.27. The van der Waals surface area contributed by atoms with E-state index in [9.17, 15) is 0 Å². The molecule has 2 rings (SSSR count). The summed E-state index contributed by atoms with van der Waals surface area (Å²) in [5.41, 5.74) is 7.46. The van der Waals surface area contributed by atoms with E-state index in [-0.39, 0.29) is 6.04 Å². The third-order valence-electron chi connectivity index (χ3n) is 2.76. The average Bonchev–Trinajstić information content (AvgIpc) is 2.40. The van der Waals surface area contributed by atoms with E-state index in [1.54, 1.807) is 0 Å². The van der Waals surface area contributed by atoms with Crippen molar-refractivity contribution < 1.29 is 0 Å². The van der Waals surface area contributed by atoms with Crippen molar-refractivity contribution in [1.29, 1.82) is 0 Å². The normalized spacial score (nSPS) is 14.2. The summed E-state index contributed by atoms with van der Waals surface area (Å²) in [4.78, 5) is 1.27. The molecule has 0 fully saturated rings. The van der Waals surface area contributed by atoms with Crippen LogP contribution in [-0.4, -0.2) is 5.25 Å². The Labute approximate surface area is 107 Å². The summed E-state index contributed by atoms with van der Waals surface area (Å²) in [5, 5.41) is 0.361. The second kappa shape index (κ2) is 5.89. The number of nitrogens with two attached hydrogens (primary N) is 1. The van der Waals surface area contributed by atoms with Crippen LogP contribution < -0.4 is 5.73 Å². The molecule has 2 unspecified atom stereocenters. The van der Waals surface area contributed by atoms with Crippen LogP contribution in [0, 0.1) is 0 Å². The summed E-state index contributed by atoms with van der Waals surface area (Å²) in [6.45, 7) is 2.18. The Kier molecular flexibility index (Phi) is 4.24. The molecular weight excluding hydrogens is 226 g/mol. The van der Waals surface area contributed by atoms with Gasteiger partial charge in [0.2, 0.25) is 0 Å². The predicted molar refractivity (Wildman–Crippen MR) is 75.1 cm³/mol. The Balaban J connectivity index is 2.03. The molecule has 2 heteroatoms. The maximum absolute atomic E-state index is 6.27. The molecule has 0 bridgehead atoms. The molecule has 0 saturated heterocycles. The average molecular weight is 243 g/mol. The number of hydrogen-bond donors (Lipinski definition) is 1. The minimum atomic E-state index is 0.0707. The van der Waals surface area contributed by atoms with Gasteiger partial charge in [0.25, 0.3) is 0 Å². The monoisotopic (exact) mass is 243 g/mol. The smallest absolute Gasteiger partial charge is 0.0416 e. The van der Waals surface area contributed by atoms with Crippen molar-refractivity contribution in [2.24, 2.45) is 5.73 Å². The molecular formula is C15H17NS. The van der Waals surface area contributed by atoms with Gasteiger partial charge in [-0.1, -0.05) is 55.5 Å². The summed E-state index contributed by atoms with van der Waals surface area (Å²) in [7, 11) is 0. The third kappa shape index (κ3) is 3.35. The fraction of sp³-hybridized carbons (Fsp3) is 0.200. The highest BCUT2D eigenvalue weighted by Gasteiger charge is 2.15. The van der Waals surface area contributed by atoms with Gasteiger partial charge in [-0.25, -0.2) is 0 Å². The number of benzene rings is 2. The molecule has 0 amide bonds. The standard InChI is InChI=1S/C15H17NS/c1-12(17-14-10-6-3-7-11-14)15(16)13-8-4-2-5-9-13/h2-12,15H,16H2,1H3. The van der Waals surface area contributed by atoms with Gasteiger partial charge in [0.1, 0.15) is 0 Å². The van der Waals surface area contributed by atoms with Gasteiger partial charge in [-0.3, -0.25) is 0 Å². The predicted octanol–water partition coefficient (Wildman–Crippen LogP) is 3.87. The molecule has 0 spiro atoms. The highest BCUT2D eigenvalue weighted by Crippen LogP contribution is 2.30. The van der Waals surface area contributed by atoms with Gasteiger partial charge < -0.3 is 5.73 Å². The van der Waals surface area contributed by atoms with E-state index in [0.29, 0.717) is 5.25 Å². The molecule has 0 saturated carbocycles. The van der Waals surface area contributed by atoms with Crippen LogP contribution in [-0.2, 0) is 0 Å². The summed E-state index contributed by atoms with van der Waals surface area (Å²) >= 11 is 1.82. The maximum Gasteiger partial charge on any atom is 0.0416 e. The molecule has 2 aromatic carbocycles. The van der Waals surface area contributed by atoms with Gasteiger partial charge in [0.15, 0.2) is 0 Å². The van der Waals surface area contributed by atoms with Crippen molar-refractivity contribution in [3.05, 3.63) is 66.2 Å². The molecule has 0 aliphatic heterocycles. The lowest BCUT2D eigenvalue weighted by molar-refractivity contribution is 0.715. The van der Waals surface area contributed by atoms with E-state index in [1.807, 2.05) is 36.0 Å². The van der Waals surface area contributed by atoms with Crippen molar-refractivity contribution in [3.8, 4) is 0 Å². The van der Waals surface area contributed by atoms with E-state index < -0.39 is 0 Å². The summed E-state index contributed by atoms with van der Waals surface area (Å²) in [6, 6.07) is 20.7. The zero-order chi connectivity index (χ0) is 12.1. The second-order valence-electron chi connectivity index (χ2n) is 4.07. The molecule has 2 N–H and O–H groups in total. The third-order valence-corrected chi connectivity index (χ3v) is 3.96. The van der Waals surface area contributed by atoms with Crippen LogP contribution in [0.5, 0.6) is 0 Å². The molecule has 88 valence electrons. The second-order valence-corrected chi connectivity index (χ2v) is 5.52. The van der Waals surface area contributed by atoms with Crippen molar-refractivity contribution >= 4 is 11.8 Å². The number of rotatable bonds is 4. The van der Waals surface area contributed by atoms with Crippen LogP contribution in [0.1, 0.15) is 18.5 Å². The van der Waals surface area contributed by atoms with Gasteiger partial charge in [-0.2, -0.15) is 0 Å². The molecule has 0 aliphatic rings. The van der Waals surface area contributed by atoms with Crippen LogP contribution in [0.15, 0.2) is 65.6 Å². The lowest BCUT2D eigenvalue weighted by atomic mass is 10.1. The zero-order valence-electron chi connectivity index (χ0n) is 9.91. The molecule has 0 radical (unpaired) electrons. The number of hydrogen-bond acceptors (Lipinski definition) is 2. The first-order valence-corrected chi connectivity index (χ1v) is 6.67. The van der Waals surface area contributed by atoms with Gasteiger partial charge in [-0.05, 0) is 17.7 Å². The van der Waals surface area contributed by atoms with E-state index in [2.05, 4.69) is 43.3 Å². The van der Waals surface area contributed by atoms with E-state index in [4.69, 9.17) is 5.73 Å². The van der Waals surface area contributed by atoms with Gasteiger partial charge in [0, 0.05) is 16.2 Å². The Bertz CT molecular complexity index is 441. The highest BCUT2D eigenvalue weighted by molar-refractivity contribution is 8.00. The van der Waals surface area contributed by atoms with Crippen molar-refractivity contribution in [1.82, 2.24) is 0 Å². The van der Waals surface area contributed by atoms with Gasteiger partial charge >= 0.3 is 0 Å². The van der Waals surface area contributed by atoms with Crippen molar-refractivity contribution in [2.45, 2.75) is 23.1 Å². The van der Waals surface area contributed by atoms with Crippen LogP contribution >= 0.6 is 11.8 Å². The molecule has 17 heavy (non-hydrogen) atoms. The fourth-order valence-corrected chi connectivity index (χ4v) is 2.78. The molecule has 0 aromatic heterocycles. The van der Waals surface area contributed by atoms with Crippen LogP contribution in [0.3, 0.4) is 0 Å². The minimum Gasteiger partial charge on any atom is -0.323 e. The SMILES string of the molecule is CC(Sc1ccccc1)C(N)c1ccccc1. The van der Waals surface area contributed by atoms with Crippen LogP contribution in [0.2, 0.25) is 0 Å². The molecule has 0 heterocycles. The zero-order valence-corrected chi connectivity index (χ0v) is 10.7. The Morgan fingerprint density at radius 3 is 2.00 bits per heavy atom. The van der Waals surface area contributed by atoms with E-state index in [1.165, 1.54) is 10.5 Å². The highest BCUT2D eigenvalue weighted by atomic mass is 32.2. The Morgan fingerprint density at radius 2 is 1.41 bits per heavy atom. The first kappa shape index (κ1) is 12.2. The largest absolute Gasteiger partial charge is 0.323 e. The maximum atomic E-state index is 6.27. The summed E-state index contributed by atoms with van der Waals surface area (Å²) in [6.07, 6.45) is 0. The Hall–Kier alpha value is -1.25. The minimum absolute atomic E-state index is 0.0707. The molecule has 1 nitrogen and oxygen atoms in total. The topological polar surface area (TPSA) is 26.0 Å². The molecule has 2 atom stereocenters. The van der Waals surface area contributed by atoms with Crippen molar-refractivity contribution in [3.63, 3.8) is 0 Å². The van der Waals surface area contributed by atoms with E-state index in [0.717, 1.165) is 0 Å². The van der Waals surface area contributed by atoms with Crippen molar-refractivity contribution in [2.75, 3.05) is 0 Å². The molecule has 0 aliphatic carbocycles. The lowest BCUT2D eigenvalue weighted by Gasteiger charge is -2.19. The Morgan fingerprint density at radius 1 is 0.882 bits per heavy atom. The quantitative estimate of drug-likeness (QED) is 0.825. The van der Waals surface area contributed by atoms with Crippen LogP contribution in [0.25, 0.3) is 0 Å². The van der Waals surface area contributed by atoms with Gasteiger partial charge in [-0.15, -0.1) is 11.8 Å². The molecule has 2 aromatic rings. The fourth-order valence-electron chi connectivity index (χ4n) is 1.73.